The number of amides is 4. The van der Waals surface area contributed by atoms with E-state index in [1.54, 1.807) is 17.2 Å². The maximum Gasteiger partial charge on any atom is 0.331 e. The second-order valence-corrected chi connectivity index (χ2v) is 4.49. The highest BCUT2D eigenvalue weighted by molar-refractivity contribution is 6.06. The molecule has 1 unspecified atom stereocenters. The van der Waals surface area contributed by atoms with E-state index in [0.717, 1.165) is 11.3 Å². The number of urea groups is 2. The van der Waals surface area contributed by atoms with E-state index in [2.05, 4.69) is 5.32 Å². The Morgan fingerprint density at radius 2 is 1.79 bits per heavy atom. The summed E-state index contributed by atoms with van der Waals surface area (Å²) < 4.78 is 0. The van der Waals surface area contributed by atoms with E-state index in [0.29, 0.717) is 0 Å². The molecule has 2 aliphatic heterocycles. The Balaban J connectivity index is 2.01. The number of hydrogen-bond acceptors (Lipinski definition) is 2. The van der Waals surface area contributed by atoms with Crippen LogP contribution in [0.4, 0.5) is 15.3 Å². The van der Waals surface area contributed by atoms with Crippen molar-refractivity contribution in [3.8, 4) is 0 Å². The van der Waals surface area contributed by atoms with Crippen LogP contribution in [0.15, 0.2) is 48.7 Å². The summed E-state index contributed by atoms with van der Waals surface area (Å²) in [6.07, 6.45) is 6.66. The van der Waals surface area contributed by atoms with Gasteiger partial charge in [0.25, 0.3) is 0 Å². The average molecular weight is 255 g/mol. The van der Waals surface area contributed by atoms with Crippen molar-refractivity contribution >= 4 is 17.7 Å². The zero-order valence-corrected chi connectivity index (χ0v) is 10.4. The molecule has 0 spiro atoms. The molecule has 0 radical (unpaired) electrons. The van der Waals surface area contributed by atoms with E-state index in [9.17, 15) is 9.59 Å². The first-order chi connectivity index (χ1) is 9.16. The van der Waals surface area contributed by atoms with E-state index in [4.69, 9.17) is 0 Å². The topological polar surface area (TPSA) is 52.7 Å². The second-order valence-electron chi connectivity index (χ2n) is 4.49. The molecular formula is C14H13N3O2. The van der Waals surface area contributed by atoms with Crippen LogP contribution in [0.3, 0.4) is 0 Å². The standard InChI is InChI=1S/C14H13N3O2/c1-10-5-7-11(8-6-10)17-12-4-2-3-9-16(12)13(18)15-14(17)19/h2-9,12H,1H3,(H,15,18,19). The molecular weight excluding hydrogens is 242 g/mol. The highest BCUT2D eigenvalue weighted by Gasteiger charge is 2.37. The molecule has 4 amide bonds. The normalized spacial score (nSPS) is 21.4. The summed E-state index contributed by atoms with van der Waals surface area (Å²) in [4.78, 5) is 26.9. The molecule has 5 heteroatoms. The van der Waals surface area contributed by atoms with Gasteiger partial charge in [0.2, 0.25) is 0 Å². The molecule has 0 aliphatic carbocycles. The van der Waals surface area contributed by atoms with Crippen molar-refractivity contribution in [1.82, 2.24) is 10.2 Å². The third kappa shape index (κ3) is 1.89. The predicted molar refractivity (Wildman–Crippen MR) is 71.5 cm³/mol. The molecule has 0 saturated carbocycles. The largest absolute Gasteiger partial charge is 0.331 e. The van der Waals surface area contributed by atoms with Crippen molar-refractivity contribution in [3.63, 3.8) is 0 Å². The quantitative estimate of drug-likeness (QED) is 0.837. The molecule has 2 heterocycles. The number of fused-ring (bicyclic) bond motifs is 1. The molecule has 1 saturated heterocycles. The molecule has 3 rings (SSSR count). The van der Waals surface area contributed by atoms with Crippen LogP contribution >= 0.6 is 0 Å². The van der Waals surface area contributed by atoms with Gasteiger partial charge in [-0.05, 0) is 31.2 Å². The Hall–Kier alpha value is -2.56. The first kappa shape index (κ1) is 11.5. The number of allylic oxidation sites excluding steroid dienone is 2. The van der Waals surface area contributed by atoms with E-state index in [-0.39, 0.29) is 0 Å². The summed E-state index contributed by atoms with van der Waals surface area (Å²) >= 11 is 0. The summed E-state index contributed by atoms with van der Waals surface area (Å²) in [7, 11) is 0. The summed E-state index contributed by atoms with van der Waals surface area (Å²) in [5.41, 5.74) is 1.87. The molecule has 2 aliphatic rings. The van der Waals surface area contributed by atoms with E-state index >= 15 is 0 Å². The number of carbonyl (C=O) groups excluding carboxylic acids is 2. The highest BCUT2D eigenvalue weighted by atomic mass is 16.2. The molecule has 96 valence electrons. The number of anilines is 1. The molecule has 1 N–H and O–H groups in total. The lowest BCUT2D eigenvalue weighted by Gasteiger charge is -2.41. The first-order valence-corrected chi connectivity index (χ1v) is 6.01. The van der Waals surface area contributed by atoms with Gasteiger partial charge >= 0.3 is 12.1 Å². The lowest BCUT2D eigenvalue weighted by Crippen LogP contribution is -2.63. The van der Waals surface area contributed by atoms with Crippen molar-refractivity contribution in [3.05, 3.63) is 54.3 Å². The number of imide groups is 1. The molecule has 1 fully saturated rings. The van der Waals surface area contributed by atoms with E-state index in [1.807, 2.05) is 43.3 Å². The monoisotopic (exact) mass is 255 g/mol. The van der Waals surface area contributed by atoms with E-state index < -0.39 is 18.2 Å². The Morgan fingerprint density at radius 3 is 2.53 bits per heavy atom. The number of rotatable bonds is 1. The van der Waals surface area contributed by atoms with Gasteiger partial charge in [0.05, 0.1) is 0 Å². The van der Waals surface area contributed by atoms with Crippen LogP contribution in [0.25, 0.3) is 0 Å². The van der Waals surface area contributed by atoms with Gasteiger partial charge in [0.15, 0.2) is 0 Å². The van der Waals surface area contributed by atoms with Crippen molar-refractivity contribution in [1.29, 1.82) is 0 Å². The SMILES string of the molecule is Cc1ccc(N2C(=O)NC(=O)N3C=CC=CC32)cc1. The van der Waals surface area contributed by atoms with Gasteiger partial charge in [0.1, 0.15) is 6.17 Å². The van der Waals surface area contributed by atoms with Crippen LogP contribution in [0.1, 0.15) is 5.56 Å². The maximum atomic E-state index is 12.1. The van der Waals surface area contributed by atoms with Crippen molar-refractivity contribution in [2.24, 2.45) is 0 Å². The number of nitrogens with one attached hydrogen (secondary N) is 1. The van der Waals surface area contributed by atoms with Crippen LogP contribution in [0.2, 0.25) is 0 Å². The molecule has 1 atom stereocenters. The Labute approximate surface area is 110 Å². The number of carbonyl (C=O) groups is 2. The van der Waals surface area contributed by atoms with Crippen molar-refractivity contribution in [2.45, 2.75) is 13.1 Å². The zero-order valence-electron chi connectivity index (χ0n) is 10.4. The van der Waals surface area contributed by atoms with Gasteiger partial charge in [-0.2, -0.15) is 0 Å². The van der Waals surface area contributed by atoms with Crippen molar-refractivity contribution < 1.29 is 9.59 Å². The minimum Gasteiger partial charge on any atom is -0.276 e. The minimum atomic E-state index is -0.408. The van der Waals surface area contributed by atoms with Gasteiger partial charge in [0, 0.05) is 11.9 Å². The number of nitrogens with zero attached hydrogens (tertiary/aromatic N) is 2. The summed E-state index contributed by atoms with van der Waals surface area (Å²) in [5.74, 6) is 0. The smallest absolute Gasteiger partial charge is 0.276 e. The minimum absolute atomic E-state index is 0.404. The molecule has 1 aromatic rings. The third-order valence-electron chi connectivity index (χ3n) is 3.17. The lowest BCUT2D eigenvalue weighted by molar-refractivity contribution is 0.189. The lowest BCUT2D eigenvalue weighted by atomic mass is 10.2. The van der Waals surface area contributed by atoms with Crippen LogP contribution in [0.5, 0.6) is 0 Å². The second kappa shape index (κ2) is 4.28. The van der Waals surface area contributed by atoms with Gasteiger partial charge in [-0.1, -0.05) is 23.8 Å². The third-order valence-corrected chi connectivity index (χ3v) is 3.17. The van der Waals surface area contributed by atoms with Crippen LogP contribution in [0, 0.1) is 6.92 Å². The molecule has 19 heavy (non-hydrogen) atoms. The maximum absolute atomic E-state index is 12.1. The van der Waals surface area contributed by atoms with Gasteiger partial charge in [-0.25, -0.2) is 9.59 Å². The number of benzene rings is 1. The fraction of sp³-hybridized carbons (Fsp3) is 0.143. The summed E-state index contributed by atoms with van der Waals surface area (Å²) in [6.45, 7) is 1.99. The summed E-state index contributed by atoms with van der Waals surface area (Å²) in [5, 5.41) is 2.33. The Bertz CT molecular complexity index is 589. The molecule has 0 aromatic heterocycles. The average Bonchev–Trinajstić information content (AvgIpc) is 2.41. The van der Waals surface area contributed by atoms with Crippen LogP contribution in [-0.4, -0.2) is 23.1 Å². The zero-order chi connectivity index (χ0) is 13.4. The Morgan fingerprint density at radius 1 is 1.05 bits per heavy atom. The van der Waals surface area contributed by atoms with Gasteiger partial charge in [-0.3, -0.25) is 15.1 Å². The van der Waals surface area contributed by atoms with Gasteiger partial charge < -0.3 is 0 Å². The molecule has 1 aromatic carbocycles. The highest BCUT2D eigenvalue weighted by Crippen LogP contribution is 2.25. The predicted octanol–water partition coefficient (Wildman–Crippen LogP) is 2.36. The van der Waals surface area contributed by atoms with Crippen LogP contribution < -0.4 is 10.2 Å². The van der Waals surface area contributed by atoms with Crippen molar-refractivity contribution in [2.75, 3.05) is 4.90 Å². The van der Waals surface area contributed by atoms with Gasteiger partial charge in [-0.15, -0.1) is 0 Å². The van der Waals surface area contributed by atoms with E-state index in [1.165, 1.54) is 4.90 Å². The number of hydrogen-bond donors (Lipinski definition) is 1. The fourth-order valence-corrected chi connectivity index (χ4v) is 2.20. The fourth-order valence-electron chi connectivity index (χ4n) is 2.20. The molecule has 0 bridgehead atoms. The molecule has 5 nitrogen and oxygen atoms in total. The number of aryl methyl sites for hydroxylation is 1. The summed E-state index contributed by atoms with van der Waals surface area (Å²) in [6, 6.07) is 6.80. The van der Waals surface area contributed by atoms with Crippen LogP contribution in [-0.2, 0) is 0 Å². The first-order valence-electron chi connectivity index (χ1n) is 6.01. The Kier molecular flexibility index (Phi) is 2.59.